The van der Waals surface area contributed by atoms with Gasteiger partial charge >= 0.3 is 0 Å². The number of methoxy groups -OCH3 is 2. The Kier molecular flexibility index (Phi) is 10.6. The van der Waals surface area contributed by atoms with Crippen molar-refractivity contribution in [2.75, 3.05) is 29.8 Å². The summed E-state index contributed by atoms with van der Waals surface area (Å²) < 4.78 is 10.7. The van der Waals surface area contributed by atoms with Crippen molar-refractivity contribution < 1.29 is 33.4 Å². The maximum atomic E-state index is 13.5. The lowest BCUT2D eigenvalue weighted by molar-refractivity contribution is -0.121. The third kappa shape index (κ3) is 8.09. The smallest absolute Gasteiger partial charge is 0.272 e. The van der Waals surface area contributed by atoms with Gasteiger partial charge in [0.15, 0.2) is 11.5 Å². The van der Waals surface area contributed by atoms with Gasteiger partial charge in [0.2, 0.25) is 17.7 Å². The fourth-order valence-corrected chi connectivity index (χ4v) is 5.95. The molecule has 0 aliphatic carbocycles. The lowest BCUT2D eigenvalue weighted by atomic mass is 10.1. The second-order valence-corrected chi connectivity index (χ2v) is 11.9. The molecule has 5 rings (SSSR count). The SMILES string of the molecule is COc1ccc(/C=C(\NC(=O)c2ccccc2)C(=O)Nc2ccc(SC3CC(=O)N(c4ccc(NC(C)=O)cc4)C3=O)cc2)cc1OC. The van der Waals surface area contributed by atoms with Crippen LogP contribution >= 0.6 is 11.8 Å². The molecule has 1 aliphatic heterocycles. The number of nitrogens with zero attached hydrogens (tertiary/aromatic N) is 1. The van der Waals surface area contributed by atoms with Crippen LogP contribution in [0.3, 0.4) is 0 Å². The van der Waals surface area contributed by atoms with Crippen LogP contribution in [0.4, 0.5) is 17.1 Å². The first-order valence-corrected chi connectivity index (χ1v) is 15.7. The summed E-state index contributed by atoms with van der Waals surface area (Å²) in [6.45, 7) is 1.40. The predicted molar refractivity (Wildman–Crippen MR) is 184 cm³/mol. The molecule has 4 aromatic rings. The van der Waals surface area contributed by atoms with E-state index < -0.39 is 17.1 Å². The quantitative estimate of drug-likeness (QED) is 0.141. The average molecular weight is 665 g/mol. The first kappa shape index (κ1) is 33.5. The Morgan fingerprint density at radius 2 is 1.46 bits per heavy atom. The zero-order valence-corrected chi connectivity index (χ0v) is 27.1. The van der Waals surface area contributed by atoms with Crippen LogP contribution in [0.25, 0.3) is 6.08 Å². The van der Waals surface area contributed by atoms with Crippen molar-refractivity contribution in [1.82, 2.24) is 5.32 Å². The zero-order valence-electron chi connectivity index (χ0n) is 26.3. The number of carbonyl (C=O) groups excluding carboxylic acids is 5. The van der Waals surface area contributed by atoms with Gasteiger partial charge in [-0.05, 0) is 84.4 Å². The van der Waals surface area contributed by atoms with Crippen molar-refractivity contribution in [3.63, 3.8) is 0 Å². The van der Waals surface area contributed by atoms with Crippen LogP contribution in [0.5, 0.6) is 11.5 Å². The number of hydrogen-bond donors (Lipinski definition) is 3. The molecular formula is C36H32N4O7S. The Labute approximate surface area is 281 Å². The minimum Gasteiger partial charge on any atom is -0.493 e. The van der Waals surface area contributed by atoms with Crippen LogP contribution in [-0.2, 0) is 19.2 Å². The molecule has 0 aromatic heterocycles. The fourth-order valence-electron chi connectivity index (χ4n) is 4.90. The number of anilines is 3. The number of imide groups is 1. The summed E-state index contributed by atoms with van der Waals surface area (Å²) in [5, 5.41) is 7.54. The maximum absolute atomic E-state index is 13.5. The first-order valence-electron chi connectivity index (χ1n) is 14.8. The molecular weight excluding hydrogens is 632 g/mol. The van der Waals surface area contributed by atoms with Crippen molar-refractivity contribution in [2.24, 2.45) is 0 Å². The molecule has 1 atom stereocenters. The zero-order chi connectivity index (χ0) is 34.2. The lowest BCUT2D eigenvalue weighted by Crippen LogP contribution is -2.31. The van der Waals surface area contributed by atoms with Gasteiger partial charge < -0.3 is 25.4 Å². The number of ether oxygens (including phenoxy) is 2. The molecule has 1 saturated heterocycles. The van der Waals surface area contributed by atoms with Crippen molar-refractivity contribution in [3.05, 3.63) is 114 Å². The highest BCUT2D eigenvalue weighted by Gasteiger charge is 2.40. The van der Waals surface area contributed by atoms with E-state index in [1.54, 1.807) is 97.1 Å². The van der Waals surface area contributed by atoms with Crippen LogP contribution in [0, 0.1) is 0 Å². The monoisotopic (exact) mass is 664 g/mol. The second kappa shape index (κ2) is 15.1. The molecule has 4 aromatic carbocycles. The van der Waals surface area contributed by atoms with E-state index in [0.29, 0.717) is 39.7 Å². The molecule has 0 bridgehead atoms. The number of thioether (sulfide) groups is 1. The van der Waals surface area contributed by atoms with Crippen LogP contribution < -0.4 is 30.3 Å². The maximum Gasteiger partial charge on any atom is 0.272 e. The Balaban J connectivity index is 1.28. The molecule has 11 nitrogen and oxygen atoms in total. The highest BCUT2D eigenvalue weighted by molar-refractivity contribution is 8.00. The Morgan fingerprint density at radius 1 is 0.812 bits per heavy atom. The number of amides is 5. The summed E-state index contributed by atoms with van der Waals surface area (Å²) in [5.74, 6) is -0.934. The largest absolute Gasteiger partial charge is 0.493 e. The van der Waals surface area contributed by atoms with E-state index in [4.69, 9.17) is 9.47 Å². The van der Waals surface area contributed by atoms with Gasteiger partial charge in [0, 0.05) is 35.2 Å². The normalized spacial score (nSPS) is 14.4. The van der Waals surface area contributed by atoms with Crippen LogP contribution in [-0.4, -0.2) is 49.0 Å². The number of carbonyl (C=O) groups is 5. The summed E-state index contributed by atoms with van der Waals surface area (Å²) in [7, 11) is 3.02. The molecule has 1 aliphatic rings. The van der Waals surface area contributed by atoms with Crippen molar-refractivity contribution in [2.45, 2.75) is 23.5 Å². The molecule has 12 heteroatoms. The van der Waals surface area contributed by atoms with E-state index in [9.17, 15) is 24.0 Å². The van der Waals surface area contributed by atoms with Gasteiger partial charge in [-0.2, -0.15) is 0 Å². The van der Waals surface area contributed by atoms with Gasteiger partial charge in [0.25, 0.3) is 11.8 Å². The molecule has 5 amide bonds. The summed E-state index contributed by atoms with van der Waals surface area (Å²) in [6, 6.07) is 27.0. The predicted octanol–water partition coefficient (Wildman–Crippen LogP) is 5.50. The third-order valence-electron chi connectivity index (χ3n) is 7.19. The molecule has 244 valence electrons. The number of hydrogen-bond acceptors (Lipinski definition) is 8. The first-order chi connectivity index (χ1) is 23.1. The van der Waals surface area contributed by atoms with Gasteiger partial charge in [0.05, 0.1) is 25.2 Å². The highest BCUT2D eigenvalue weighted by Crippen LogP contribution is 2.35. The van der Waals surface area contributed by atoms with E-state index in [1.165, 1.54) is 39.0 Å². The summed E-state index contributed by atoms with van der Waals surface area (Å²) in [4.78, 5) is 65.6. The molecule has 0 saturated carbocycles. The summed E-state index contributed by atoms with van der Waals surface area (Å²) >= 11 is 1.25. The van der Waals surface area contributed by atoms with Gasteiger partial charge in [-0.3, -0.25) is 24.0 Å². The summed E-state index contributed by atoms with van der Waals surface area (Å²) in [6.07, 6.45) is 1.56. The Morgan fingerprint density at radius 3 is 2.10 bits per heavy atom. The van der Waals surface area contributed by atoms with Crippen molar-refractivity contribution >= 4 is 64.4 Å². The standard InChI is InChI=1S/C36H32N4O7S/c1-22(41)37-25-10-14-27(15-11-25)40-33(42)21-32(36(40)45)48-28-16-12-26(13-17-28)38-35(44)29(39-34(43)24-7-5-4-6-8-24)19-23-9-18-30(46-2)31(20-23)47-3/h4-20,32H,21H2,1-3H3,(H,37,41)(H,38,44)(H,39,43)/b29-19-. The fraction of sp³-hybridized carbons (Fsp3) is 0.139. The van der Waals surface area contributed by atoms with E-state index in [-0.39, 0.29) is 29.8 Å². The van der Waals surface area contributed by atoms with Gasteiger partial charge in [-0.15, -0.1) is 11.8 Å². The Hall–Kier alpha value is -5.88. The highest BCUT2D eigenvalue weighted by atomic mass is 32.2. The molecule has 0 spiro atoms. The van der Waals surface area contributed by atoms with Crippen LogP contribution in [0.15, 0.2) is 108 Å². The average Bonchev–Trinajstić information content (AvgIpc) is 3.37. The number of benzene rings is 4. The third-order valence-corrected chi connectivity index (χ3v) is 8.39. The van der Waals surface area contributed by atoms with E-state index in [1.807, 2.05) is 0 Å². The second-order valence-electron chi connectivity index (χ2n) is 10.6. The Bertz CT molecular complexity index is 1880. The van der Waals surface area contributed by atoms with Gasteiger partial charge in [0.1, 0.15) is 5.70 Å². The van der Waals surface area contributed by atoms with Crippen LogP contribution in [0.2, 0.25) is 0 Å². The van der Waals surface area contributed by atoms with Crippen molar-refractivity contribution in [3.8, 4) is 11.5 Å². The topological polar surface area (TPSA) is 143 Å². The molecule has 0 radical (unpaired) electrons. The number of rotatable bonds is 11. The molecule has 1 fully saturated rings. The van der Waals surface area contributed by atoms with E-state index >= 15 is 0 Å². The molecule has 1 heterocycles. The number of nitrogens with one attached hydrogen (secondary N) is 3. The van der Waals surface area contributed by atoms with E-state index in [0.717, 1.165) is 9.80 Å². The summed E-state index contributed by atoms with van der Waals surface area (Å²) in [5.41, 5.74) is 2.40. The van der Waals surface area contributed by atoms with Crippen molar-refractivity contribution in [1.29, 1.82) is 0 Å². The molecule has 1 unspecified atom stereocenters. The molecule has 48 heavy (non-hydrogen) atoms. The minimum atomic E-state index is -0.628. The van der Waals surface area contributed by atoms with Gasteiger partial charge in [-0.25, -0.2) is 4.90 Å². The van der Waals surface area contributed by atoms with Crippen LogP contribution in [0.1, 0.15) is 29.3 Å². The molecule has 3 N–H and O–H groups in total. The van der Waals surface area contributed by atoms with E-state index in [2.05, 4.69) is 16.0 Å². The lowest BCUT2D eigenvalue weighted by Gasteiger charge is -2.16. The minimum absolute atomic E-state index is 0.00483. The van der Waals surface area contributed by atoms with Gasteiger partial charge in [-0.1, -0.05) is 24.3 Å².